The molecule has 0 fully saturated rings. The Morgan fingerprint density at radius 1 is 1.29 bits per heavy atom. The Kier molecular flexibility index (Phi) is 5.45. The minimum atomic E-state index is -0.227. The zero-order valence-electron chi connectivity index (χ0n) is 12.6. The van der Waals surface area contributed by atoms with E-state index in [0.717, 1.165) is 22.8 Å². The van der Waals surface area contributed by atoms with E-state index in [1.807, 2.05) is 12.3 Å². The first kappa shape index (κ1) is 16.1. The van der Waals surface area contributed by atoms with Crippen LogP contribution in [0.4, 0.5) is 4.39 Å². The normalized spacial score (nSPS) is 11.8. The smallest absolute Gasteiger partial charge is 0.123 e. The van der Waals surface area contributed by atoms with E-state index in [1.54, 1.807) is 23.5 Å². The summed E-state index contributed by atoms with van der Waals surface area (Å²) in [5.41, 5.74) is 1.76. The topological polar surface area (TPSA) is 34.1 Å². The lowest BCUT2D eigenvalue weighted by atomic mass is 10.1. The van der Waals surface area contributed by atoms with Gasteiger partial charge in [0.25, 0.3) is 0 Å². The van der Waals surface area contributed by atoms with Crippen LogP contribution < -0.4 is 5.32 Å². The lowest BCUT2D eigenvalue weighted by Gasteiger charge is -2.24. The number of ether oxygens (including phenoxy) is 1. The van der Waals surface area contributed by atoms with Gasteiger partial charge in [-0.05, 0) is 45.0 Å². The number of hydrogen-bond donors (Lipinski definition) is 1. The standard InChI is InChI=1S/C16H21FN2OS/c1-4-20-16(2,3)11-18-9-14-10-21-15(19-14)12-5-7-13(17)8-6-12/h5-8,10,18H,4,9,11H2,1-3H3. The third kappa shape index (κ3) is 4.88. The molecule has 1 N–H and O–H groups in total. The number of thiazole rings is 1. The molecule has 3 nitrogen and oxygen atoms in total. The van der Waals surface area contributed by atoms with Crippen LogP contribution in [0.15, 0.2) is 29.6 Å². The van der Waals surface area contributed by atoms with Gasteiger partial charge in [-0.15, -0.1) is 11.3 Å². The molecule has 0 aliphatic rings. The van der Waals surface area contributed by atoms with Gasteiger partial charge in [0.05, 0.1) is 11.3 Å². The molecule has 0 aliphatic heterocycles. The van der Waals surface area contributed by atoms with Crippen molar-refractivity contribution >= 4 is 11.3 Å². The molecule has 5 heteroatoms. The fraction of sp³-hybridized carbons (Fsp3) is 0.438. The lowest BCUT2D eigenvalue weighted by Crippen LogP contribution is -2.37. The molecule has 0 saturated heterocycles. The van der Waals surface area contributed by atoms with Gasteiger partial charge in [0, 0.05) is 30.6 Å². The third-order valence-corrected chi connectivity index (χ3v) is 3.98. The van der Waals surface area contributed by atoms with Gasteiger partial charge in [-0.3, -0.25) is 0 Å². The highest BCUT2D eigenvalue weighted by molar-refractivity contribution is 7.13. The number of halogens is 1. The molecule has 1 aromatic carbocycles. The summed E-state index contributed by atoms with van der Waals surface area (Å²) >= 11 is 1.57. The van der Waals surface area contributed by atoms with Crippen molar-refractivity contribution in [2.45, 2.75) is 32.9 Å². The molecule has 0 aliphatic carbocycles. The predicted molar refractivity (Wildman–Crippen MR) is 84.9 cm³/mol. The minimum Gasteiger partial charge on any atom is -0.375 e. The van der Waals surface area contributed by atoms with E-state index >= 15 is 0 Å². The second-order valence-electron chi connectivity index (χ2n) is 5.45. The van der Waals surface area contributed by atoms with E-state index in [0.29, 0.717) is 13.2 Å². The molecule has 114 valence electrons. The molecule has 1 heterocycles. The molecule has 0 atom stereocenters. The SMILES string of the molecule is CCOC(C)(C)CNCc1csc(-c2ccc(F)cc2)n1. The van der Waals surface area contributed by atoms with Crippen LogP contribution in [0.2, 0.25) is 0 Å². The van der Waals surface area contributed by atoms with Crippen molar-refractivity contribution in [3.63, 3.8) is 0 Å². The second kappa shape index (κ2) is 7.11. The highest BCUT2D eigenvalue weighted by Gasteiger charge is 2.16. The molecule has 2 rings (SSSR count). The van der Waals surface area contributed by atoms with E-state index in [4.69, 9.17) is 4.74 Å². The Bertz CT molecular complexity index is 566. The van der Waals surface area contributed by atoms with Gasteiger partial charge in [0.15, 0.2) is 0 Å². The van der Waals surface area contributed by atoms with Crippen molar-refractivity contribution in [3.8, 4) is 10.6 Å². The summed E-state index contributed by atoms with van der Waals surface area (Å²) in [5.74, 6) is -0.227. The van der Waals surface area contributed by atoms with Crippen LogP contribution in [0.5, 0.6) is 0 Å². The maximum atomic E-state index is 12.9. The van der Waals surface area contributed by atoms with Crippen molar-refractivity contribution in [2.24, 2.45) is 0 Å². The summed E-state index contributed by atoms with van der Waals surface area (Å²) in [5, 5.41) is 6.30. The van der Waals surface area contributed by atoms with Gasteiger partial charge < -0.3 is 10.1 Å². The first-order chi connectivity index (χ1) is 10.00. The summed E-state index contributed by atoms with van der Waals surface area (Å²) in [6, 6.07) is 6.42. The molecule has 2 aromatic rings. The zero-order chi connectivity index (χ0) is 15.3. The van der Waals surface area contributed by atoms with Crippen LogP contribution >= 0.6 is 11.3 Å². The number of nitrogens with one attached hydrogen (secondary N) is 1. The second-order valence-corrected chi connectivity index (χ2v) is 6.31. The van der Waals surface area contributed by atoms with Gasteiger partial charge in [-0.25, -0.2) is 9.37 Å². The molecule has 0 spiro atoms. The molecular weight excluding hydrogens is 287 g/mol. The van der Waals surface area contributed by atoms with Crippen LogP contribution in [-0.4, -0.2) is 23.7 Å². The van der Waals surface area contributed by atoms with Gasteiger partial charge in [-0.2, -0.15) is 0 Å². The predicted octanol–water partition coefficient (Wildman–Crippen LogP) is 3.85. The Labute approximate surface area is 129 Å². The van der Waals surface area contributed by atoms with Gasteiger partial charge in [-0.1, -0.05) is 0 Å². The highest BCUT2D eigenvalue weighted by Crippen LogP contribution is 2.23. The first-order valence-electron chi connectivity index (χ1n) is 7.05. The monoisotopic (exact) mass is 308 g/mol. The van der Waals surface area contributed by atoms with Crippen LogP contribution in [0.1, 0.15) is 26.5 Å². The number of hydrogen-bond acceptors (Lipinski definition) is 4. The van der Waals surface area contributed by atoms with Crippen molar-refractivity contribution in [1.29, 1.82) is 0 Å². The third-order valence-electron chi connectivity index (χ3n) is 3.03. The quantitative estimate of drug-likeness (QED) is 0.843. The van der Waals surface area contributed by atoms with Gasteiger partial charge >= 0.3 is 0 Å². The van der Waals surface area contributed by atoms with Gasteiger partial charge in [0.2, 0.25) is 0 Å². The maximum Gasteiger partial charge on any atom is 0.123 e. The average Bonchev–Trinajstić information content (AvgIpc) is 2.88. The average molecular weight is 308 g/mol. The molecule has 0 amide bonds. The largest absolute Gasteiger partial charge is 0.375 e. The Balaban J connectivity index is 1.90. The van der Waals surface area contributed by atoms with E-state index in [-0.39, 0.29) is 11.4 Å². The van der Waals surface area contributed by atoms with E-state index in [9.17, 15) is 4.39 Å². The Hall–Kier alpha value is -1.30. The summed E-state index contributed by atoms with van der Waals surface area (Å²) in [7, 11) is 0. The van der Waals surface area contributed by atoms with Crippen molar-refractivity contribution in [2.75, 3.05) is 13.2 Å². The highest BCUT2D eigenvalue weighted by atomic mass is 32.1. The molecule has 0 bridgehead atoms. The van der Waals surface area contributed by atoms with Crippen LogP contribution in [-0.2, 0) is 11.3 Å². The fourth-order valence-electron chi connectivity index (χ4n) is 2.05. The zero-order valence-corrected chi connectivity index (χ0v) is 13.5. The Morgan fingerprint density at radius 3 is 2.67 bits per heavy atom. The van der Waals surface area contributed by atoms with Crippen LogP contribution in [0.25, 0.3) is 10.6 Å². The molecule has 0 saturated carbocycles. The maximum absolute atomic E-state index is 12.9. The molecular formula is C16H21FN2OS. The van der Waals surface area contributed by atoms with Crippen molar-refractivity contribution in [3.05, 3.63) is 41.2 Å². The van der Waals surface area contributed by atoms with Crippen molar-refractivity contribution in [1.82, 2.24) is 10.3 Å². The molecule has 1 aromatic heterocycles. The van der Waals surface area contributed by atoms with Crippen molar-refractivity contribution < 1.29 is 9.13 Å². The molecule has 21 heavy (non-hydrogen) atoms. The van der Waals surface area contributed by atoms with E-state index < -0.39 is 0 Å². The summed E-state index contributed by atoms with van der Waals surface area (Å²) in [4.78, 5) is 4.57. The Morgan fingerprint density at radius 2 is 2.00 bits per heavy atom. The van der Waals surface area contributed by atoms with Gasteiger partial charge in [0.1, 0.15) is 10.8 Å². The first-order valence-corrected chi connectivity index (χ1v) is 7.93. The van der Waals surface area contributed by atoms with E-state index in [1.165, 1.54) is 12.1 Å². The molecule has 0 radical (unpaired) electrons. The number of rotatable bonds is 7. The number of benzene rings is 1. The van der Waals surface area contributed by atoms with Crippen LogP contribution in [0.3, 0.4) is 0 Å². The number of nitrogens with zero attached hydrogens (tertiary/aromatic N) is 1. The minimum absolute atomic E-state index is 0.176. The number of aromatic nitrogens is 1. The van der Waals surface area contributed by atoms with E-state index in [2.05, 4.69) is 24.1 Å². The summed E-state index contributed by atoms with van der Waals surface area (Å²) in [6.07, 6.45) is 0. The van der Waals surface area contributed by atoms with Crippen LogP contribution in [0, 0.1) is 5.82 Å². The summed E-state index contributed by atoms with van der Waals surface area (Å²) in [6.45, 7) is 8.30. The fourth-order valence-corrected chi connectivity index (χ4v) is 2.87. The lowest BCUT2D eigenvalue weighted by molar-refractivity contribution is -0.00901. The summed E-state index contributed by atoms with van der Waals surface area (Å²) < 4.78 is 18.5. The molecule has 0 unspecified atom stereocenters.